The van der Waals surface area contributed by atoms with Crippen molar-refractivity contribution in [3.8, 4) is 33.6 Å². The molecule has 8 atom stereocenters. The smallest absolute Gasteiger partial charge is 0.407 e. The molecule has 2 saturated carbocycles. The number of likely N-dealkylation sites (tertiary alicyclic amines) is 2. The molecule has 4 amide bonds. The first-order valence-electron chi connectivity index (χ1n) is 26.7. The van der Waals surface area contributed by atoms with Gasteiger partial charge in [0.05, 0.1) is 37.7 Å². The van der Waals surface area contributed by atoms with Crippen molar-refractivity contribution in [2.24, 2.45) is 23.7 Å². The summed E-state index contributed by atoms with van der Waals surface area (Å²) in [5, 5.41) is 5.67. The Balaban J connectivity index is 0.951. The second-order valence-electron chi connectivity index (χ2n) is 21.8. The molecule has 8 aliphatic rings. The Bertz CT molecular complexity index is 2760. The number of benzene rings is 3. The van der Waals surface area contributed by atoms with E-state index in [9.17, 15) is 19.2 Å². The number of alkyl carbamates (subject to hydrolysis) is 2. The van der Waals surface area contributed by atoms with Gasteiger partial charge in [-0.1, -0.05) is 108 Å². The normalized spacial score (nSPS) is 23.5. The van der Waals surface area contributed by atoms with Crippen molar-refractivity contribution in [2.75, 3.05) is 14.2 Å². The minimum Gasteiger partial charge on any atom is -0.453 e. The van der Waals surface area contributed by atoms with Gasteiger partial charge in [-0.15, -0.1) is 0 Å². The topological polar surface area (TPSA) is 175 Å². The van der Waals surface area contributed by atoms with E-state index in [4.69, 9.17) is 19.4 Å². The van der Waals surface area contributed by atoms with E-state index >= 15 is 0 Å². The average Bonchev–Trinajstić information content (AvgIpc) is 4.22. The van der Waals surface area contributed by atoms with E-state index in [0.717, 1.165) is 130 Å². The van der Waals surface area contributed by atoms with Crippen LogP contribution in [0.1, 0.15) is 138 Å². The highest BCUT2D eigenvalue weighted by molar-refractivity contribution is 5.88. The Labute approximate surface area is 423 Å². The van der Waals surface area contributed by atoms with Crippen molar-refractivity contribution < 1.29 is 28.7 Å². The van der Waals surface area contributed by atoms with Gasteiger partial charge in [0, 0.05) is 35.6 Å². The average molecular weight is 977 g/mol. The summed E-state index contributed by atoms with van der Waals surface area (Å²) in [6.45, 7) is 7.83. The fourth-order valence-corrected chi connectivity index (χ4v) is 12.9. The van der Waals surface area contributed by atoms with Crippen LogP contribution in [-0.4, -0.2) is 92.1 Å². The number of nitrogens with zero attached hydrogens (tertiary/aromatic N) is 4. The molecular weight excluding hydrogens is 905 g/mol. The van der Waals surface area contributed by atoms with Crippen LogP contribution in [0.5, 0.6) is 0 Å². The fourth-order valence-electron chi connectivity index (χ4n) is 12.9. The molecule has 0 radical (unpaired) electrons. The number of nitrogens with one attached hydrogen (secondary N) is 4. The number of hydrogen-bond acceptors (Lipinski definition) is 8. The van der Waals surface area contributed by atoms with Crippen LogP contribution in [0.4, 0.5) is 9.59 Å². The van der Waals surface area contributed by atoms with Gasteiger partial charge in [-0.05, 0) is 127 Å². The Morgan fingerprint density at radius 2 is 1.00 bits per heavy atom. The summed E-state index contributed by atoms with van der Waals surface area (Å²) >= 11 is 0. The monoisotopic (exact) mass is 977 g/mol. The lowest BCUT2D eigenvalue weighted by Gasteiger charge is -2.36. The first-order valence-corrected chi connectivity index (χ1v) is 26.7. The SMILES string of the molecule is COC(=O)N[C@H](C(=O)N1C2CCCCC2C[C@H]1c1nc(-c2ccc(-c3cc4c(-c5c[nH]c([C@@H]6CC7CCCCC7N6C(=O)[C@@H](NC(=O)OC)C(C)C)n5)cc3CCc3ccc(cc3)CC4)cc2)c[nH]1)C(C)C. The van der Waals surface area contributed by atoms with Gasteiger partial charge >= 0.3 is 12.2 Å². The molecule has 3 aromatic carbocycles. The number of aromatic nitrogens is 4. The lowest BCUT2D eigenvalue weighted by Crippen LogP contribution is -2.53. The molecule has 4 fully saturated rings. The maximum absolute atomic E-state index is 14.6. The molecular formula is C58H72N8O6. The highest BCUT2D eigenvalue weighted by Gasteiger charge is 2.50. The minimum absolute atomic E-state index is 0.0741. The van der Waals surface area contributed by atoms with Crippen molar-refractivity contribution >= 4 is 24.0 Å². The third-order valence-electron chi connectivity index (χ3n) is 16.8. The Morgan fingerprint density at radius 1 is 0.569 bits per heavy atom. The second kappa shape index (κ2) is 21.0. The van der Waals surface area contributed by atoms with Crippen LogP contribution in [0.25, 0.3) is 33.6 Å². The predicted octanol–water partition coefficient (Wildman–Crippen LogP) is 10.4. The number of methoxy groups -OCH3 is 2. The minimum atomic E-state index is -0.707. The highest BCUT2D eigenvalue weighted by Crippen LogP contribution is 2.48. The van der Waals surface area contributed by atoms with E-state index in [2.05, 4.69) is 86.2 Å². The van der Waals surface area contributed by atoms with E-state index in [-0.39, 0.29) is 47.8 Å². The maximum Gasteiger partial charge on any atom is 0.407 e. The van der Waals surface area contributed by atoms with Gasteiger partial charge in [0.1, 0.15) is 23.7 Å². The lowest BCUT2D eigenvalue weighted by atomic mass is 9.84. The number of ether oxygens (including phenoxy) is 2. The number of rotatable bonds is 11. The summed E-state index contributed by atoms with van der Waals surface area (Å²) in [5.41, 5.74) is 11.2. The number of imidazole rings is 2. The molecule has 14 nitrogen and oxygen atoms in total. The van der Waals surface area contributed by atoms with E-state index < -0.39 is 24.3 Å². The third kappa shape index (κ3) is 9.77. The second-order valence-corrected chi connectivity index (χ2v) is 21.8. The van der Waals surface area contributed by atoms with Crippen LogP contribution >= 0.6 is 0 Å². The van der Waals surface area contributed by atoms with Crippen LogP contribution in [0.3, 0.4) is 0 Å². The molecule has 4 bridgehead atoms. The molecule has 14 heteroatoms. The molecule has 72 heavy (non-hydrogen) atoms. The molecule has 6 aliphatic carbocycles. The molecule has 380 valence electrons. The van der Waals surface area contributed by atoms with Crippen molar-refractivity contribution in [3.05, 3.63) is 107 Å². The Kier molecular flexibility index (Phi) is 14.3. The van der Waals surface area contributed by atoms with Gasteiger partial charge in [0.15, 0.2) is 0 Å². The Morgan fingerprint density at radius 3 is 1.49 bits per heavy atom. The zero-order chi connectivity index (χ0) is 50.2. The van der Waals surface area contributed by atoms with Gasteiger partial charge in [-0.2, -0.15) is 0 Å². The molecule has 4 heterocycles. The molecule has 2 aliphatic heterocycles. The Hall–Kier alpha value is -6.44. The fraction of sp³-hybridized carbons (Fsp3) is 0.517. The number of amides is 4. The zero-order valence-electron chi connectivity index (χ0n) is 42.8. The summed E-state index contributed by atoms with van der Waals surface area (Å²) < 4.78 is 9.87. The number of hydrogen-bond donors (Lipinski definition) is 4. The van der Waals surface area contributed by atoms with Crippen molar-refractivity contribution in [2.45, 2.75) is 154 Å². The third-order valence-corrected chi connectivity index (χ3v) is 16.8. The van der Waals surface area contributed by atoms with E-state index in [1.54, 1.807) is 0 Å². The van der Waals surface area contributed by atoms with Gasteiger partial charge in [-0.25, -0.2) is 19.6 Å². The molecule has 4 unspecified atom stereocenters. The molecule has 0 spiro atoms. The van der Waals surface area contributed by atoms with Crippen LogP contribution in [-0.2, 0) is 44.7 Å². The number of aryl methyl sites for hydroxylation is 4. The number of carbonyl (C=O) groups excluding carboxylic acids is 4. The maximum atomic E-state index is 14.6. The van der Waals surface area contributed by atoms with Crippen LogP contribution in [0.15, 0.2) is 73.1 Å². The van der Waals surface area contributed by atoms with Crippen LogP contribution < -0.4 is 10.6 Å². The largest absolute Gasteiger partial charge is 0.453 e. The zero-order valence-corrected chi connectivity index (χ0v) is 42.8. The van der Waals surface area contributed by atoms with Crippen molar-refractivity contribution in [1.29, 1.82) is 0 Å². The summed E-state index contributed by atoms with van der Waals surface area (Å²) in [6.07, 6.45) is 16.4. The number of aromatic amines is 2. The standard InChI is InChI=1S/C58H72N8O6/c1-33(2)51(63-57(69)71-5)55(67)65-47-13-9-7-11-41(47)29-49(65)53-59-31-45(61-53)38-25-23-37(24-26-38)43-27-40-22-20-36-17-15-35(16-18-36)19-21-39(43)28-44(40)46-32-60-54(62-46)50-30-42-12-8-10-14-48(42)66(50)56(68)52(34(3)4)64-58(70)72-6/h15-18,23-28,31-34,41-42,47-52H,7-14,19-22,29-30H2,1-6H3,(H,59,61)(H,60,62)(H,63,69)(H,64,70)/t41?,42?,47?,48?,49-,50-,51-,52-/m0/s1. The van der Waals surface area contributed by atoms with E-state index in [1.807, 2.05) is 45.0 Å². The molecule has 13 rings (SSSR count). The quantitative estimate of drug-likeness (QED) is 0.101. The summed E-state index contributed by atoms with van der Waals surface area (Å²) in [6, 6.07) is 20.9. The number of H-pyrrole nitrogens is 2. The predicted molar refractivity (Wildman–Crippen MR) is 277 cm³/mol. The molecule has 2 saturated heterocycles. The van der Waals surface area contributed by atoms with Gasteiger partial charge < -0.3 is 39.9 Å². The summed E-state index contributed by atoms with van der Waals surface area (Å²) in [4.78, 5) is 75.6. The van der Waals surface area contributed by atoms with E-state index in [0.29, 0.717) is 11.8 Å². The van der Waals surface area contributed by atoms with Crippen molar-refractivity contribution in [1.82, 2.24) is 40.4 Å². The summed E-state index contributed by atoms with van der Waals surface area (Å²) in [5.74, 6) is 1.94. The number of fused-ring (bicyclic) bond motifs is 2. The molecule has 4 N–H and O–H groups in total. The van der Waals surface area contributed by atoms with Crippen LogP contribution in [0, 0.1) is 23.7 Å². The molecule has 5 aromatic rings. The molecule has 2 aromatic heterocycles. The highest BCUT2D eigenvalue weighted by atomic mass is 16.5. The van der Waals surface area contributed by atoms with Crippen molar-refractivity contribution in [3.63, 3.8) is 0 Å². The summed E-state index contributed by atoms with van der Waals surface area (Å²) in [7, 11) is 2.66. The first-order chi connectivity index (χ1) is 34.9. The van der Waals surface area contributed by atoms with Gasteiger partial charge in [0.2, 0.25) is 11.8 Å². The number of carbonyl (C=O) groups is 4. The van der Waals surface area contributed by atoms with Gasteiger partial charge in [-0.3, -0.25) is 9.59 Å². The van der Waals surface area contributed by atoms with Gasteiger partial charge in [0.25, 0.3) is 0 Å². The van der Waals surface area contributed by atoms with E-state index in [1.165, 1.54) is 42.0 Å². The first kappa shape index (κ1) is 49.2. The lowest BCUT2D eigenvalue weighted by molar-refractivity contribution is -0.139. The van der Waals surface area contributed by atoms with Crippen LogP contribution in [0.2, 0.25) is 0 Å².